The van der Waals surface area contributed by atoms with Crippen LogP contribution in [0.25, 0.3) is 0 Å². The van der Waals surface area contributed by atoms with E-state index in [0.717, 1.165) is 18.0 Å². The molecule has 2 saturated heterocycles. The van der Waals surface area contributed by atoms with Crippen molar-refractivity contribution in [2.45, 2.75) is 38.8 Å². The zero-order valence-corrected chi connectivity index (χ0v) is 9.16. The summed E-state index contributed by atoms with van der Waals surface area (Å²) in [4.78, 5) is 5.25. The van der Waals surface area contributed by atoms with Crippen molar-refractivity contribution in [2.24, 2.45) is 5.92 Å². The molecule has 2 rings (SSSR count). The lowest BCUT2D eigenvalue weighted by molar-refractivity contribution is 0.0807. The van der Waals surface area contributed by atoms with Crippen LogP contribution in [-0.2, 0) is 0 Å². The van der Waals surface area contributed by atoms with Gasteiger partial charge in [0.2, 0.25) is 0 Å². The van der Waals surface area contributed by atoms with Crippen molar-refractivity contribution < 1.29 is 0 Å². The Bertz CT molecular complexity index is 165. The van der Waals surface area contributed by atoms with E-state index in [9.17, 15) is 0 Å². The first kappa shape index (κ1) is 9.47. The third-order valence-corrected chi connectivity index (χ3v) is 3.55. The van der Waals surface area contributed by atoms with E-state index in [0.29, 0.717) is 0 Å². The van der Waals surface area contributed by atoms with Crippen LogP contribution < -0.4 is 0 Å². The van der Waals surface area contributed by atoms with Crippen molar-refractivity contribution in [3.8, 4) is 0 Å². The van der Waals surface area contributed by atoms with Crippen molar-refractivity contribution >= 4 is 0 Å². The summed E-state index contributed by atoms with van der Waals surface area (Å²) in [7, 11) is 2.30. The van der Waals surface area contributed by atoms with E-state index >= 15 is 0 Å². The van der Waals surface area contributed by atoms with Gasteiger partial charge >= 0.3 is 0 Å². The van der Waals surface area contributed by atoms with Crippen LogP contribution in [-0.4, -0.2) is 48.6 Å². The predicted molar refractivity (Wildman–Crippen MR) is 55.9 cm³/mol. The maximum atomic E-state index is 2.66. The van der Waals surface area contributed by atoms with Crippen LogP contribution in [0.2, 0.25) is 0 Å². The summed E-state index contributed by atoms with van der Waals surface area (Å²) in [5.74, 6) is 0.822. The Hall–Kier alpha value is -0.0800. The number of hydrogen-bond donors (Lipinski definition) is 0. The normalized spacial score (nSPS) is 36.0. The Morgan fingerprint density at radius 1 is 1.15 bits per heavy atom. The molecule has 2 fully saturated rings. The molecule has 13 heavy (non-hydrogen) atoms. The van der Waals surface area contributed by atoms with Crippen LogP contribution in [0.4, 0.5) is 0 Å². The highest BCUT2D eigenvalue weighted by Gasteiger charge is 2.37. The van der Waals surface area contributed by atoms with Gasteiger partial charge in [-0.05, 0) is 25.8 Å². The second-order valence-electron chi connectivity index (χ2n) is 5.16. The minimum absolute atomic E-state index is 0.822. The van der Waals surface area contributed by atoms with Gasteiger partial charge in [0.1, 0.15) is 0 Å². The van der Waals surface area contributed by atoms with Crippen molar-refractivity contribution in [1.82, 2.24) is 9.80 Å². The number of likely N-dealkylation sites (tertiary alicyclic amines) is 1. The number of hydrogen-bond acceptors (Lipinski definition) is 2. The highest BCUT2D eigenvalue weighted by Crippen LogP contribution is 2.28. The molecule has 2 nitrogen and oxygen atoms in total. The summed E-state index contributed by atoms with van der Waals surface area (Å²) in [6.07, 6.45) is 2.85. The molecule has 2 bridgehead atoms. The number of likely N-dealkylation sites (N-methyl/N-ethyl adjacent to an activating group) is 1. The summed E-state index contributed by atoms with van der Waals surface area (Å²) in [5, 5.41) is 0. The molecule has 0 aromatic carbocycles. The minimum atomic E-state index is 0.822. The van der Waals surface area contributed by atoms with Crippen molar-refractivity contribution in [1.29, 1.82) is 0 Å². The molecule has 2 aliphatic heterocycles. The van der Waals surface area contributed by atoms with Gasteiger partial charge in [0.25, 0.3) is 0 Å². The zero-order valence-electron chi connectivity index (χ0n) is 9.16. The highest BCUT2D eigenvalue weighted by atomic mass is 15.3. The fourth-order valence-corrected chi connectivity index (χ4v) is 2.87. The van der Waals surface area contributed by atoms with Gasteiger partial charge in [-0.25, -0.2) is 0 Å². The molecule has 0 radical (unpaired) electrons. The predicted octanol–water partition coefficient (Wildman–Crippen LogP) is 1.42. The average molecular weight is 182 g/mol. The van der Waals surface area contributed by atoms with E-state index in [4.69, 9.17) is 0 Å². The van der Waals surface area contributed by atoms with Gasteiger partial charge in [-0.2, -0.15) is 0 Å². The zero-order chi connectivity index (χ0) is 9.42. The van der Waals surface area contributed by atoms with E-state index in [1.807, 2.05) is 0 Å². The standard InChI is InChI=1S/C11H22N2/c1-9(2)6-13-7-10-4-5-11(8-13)12(10)3/h9-11H,4-8H2,1-3H3. The summed E-state index contributed by atoms with van der Waals surface area (Å²) in [6, 6.07) is 1.72. The van der Waals surface area contributed by atoms with Crippen LogP contribution in [0.15, 0.2) is 0 Å². The fraction of sp³-hybridized carbons (Fsp3) is 1.00. The smallest absolute Gasteiger partial charge is 0.0224 e. The molecular weight excluding hydrogens is 160 g/mol. The number of fused-ring (bicyclic) bond motifs is 2. The van der Waals surface area contributed by atoms with Crippen molar-refractivity contribution in [2.75, 3.05) is 26.7 Å². The second-order valence-corrected chi connectivity index (χ2v) is 5.16. The Kier molecular flexibility index (Phi) is 2.61. The summed E-state index contributed by atoms with van der Waals surface area (Å²) < 4.78 is 0. The molecule has 0 aromatic heterocycles. The molecule has 2 atom stereocenters. The van der Waals surface area contributed by atoms with E-state index in [-0.39, 0.29) is 0 Å². The van der Waals surface area contributed by atoms with Gasteiger partial charge in [0, 0.05) is 31.7 Å². The third-order valence-electron chi connectivity index (χ3n) is 3.55. The van der Waals surface area contributed by atoms with Crippen molar-refractivity contribution in [3.63, 3.8) is 0 Å². The molecule has 2 heterocycles. The Morgan fingerprint density at radius 3 is 2.15 bits per heavy atom. The lowest BCUT2D eigenvalue weighted by Crippen LogP contribution is -2.52. The van der Waals surface area contributed by atoms with Crippen LogP contribution in [0.1, 0.15) is 26.7 Å². The first-order chi connectivity index (χ1) is 6.16. The molecule has 2 unspecified atom stereocenters. The van der Waals surface area contributed by atoms with E-state index < -0.39 is 0 Å². The van der Waals surface area contributed by atoms with Crippen LogP contribution >= 0.6 is 0 Å². The third kappa shape index (κ3) is 1.89. The fourth-order valence-electron chi connectivity index (χ4n) is 2.87. The van der Waals surface area contributed by atoms with E-state index in [1.165, 1.54) is 32.5 Å². The van der Waals surface area contributed by atoms with E-state index in [2.05, 4.69) is 30.7 Å². The van der Waals surface area contributed by atoms with Crippen LogP contribution in [0.5, 0.6) is 0 Å². The molecule has 0 N–H and O–H groups in total. The van der Waals surface area contributed by atoms with Crippen LogP contribution in [0.3, 0.4) is 0 Å². The van der Waals surface area contributed by atoms with Gasteiger partial charge in [-0.15, -0.1) is 0 Å². The molecule has 0 saturated carbocycles. The number of nitrogens with zero attached hydrogens (tertiary/aromatic N) is 2. The Morgan fingerprint density at radius 2 is 1.69 bits per heavy atom. The maximum Gasteiger partial charge on any atom is 0.0224 e. The molecule has 2 heteroatoms. The molecule has 0 spiro atoms. The monoisotopic (exact) mass is 182 g/mol. The first-order valence-corrected chi connectivity index (χ1v) is 5.61. The largest absolute Gasteiger partial charge is 0.300 e. The summed E-state index contributed by atoms with van der Waals surface area (Å²) in [5.41, 5.74) is 0. The van der Waals surface area contributed by atoms with Gasteiger partial charge in [0.05, 0.1) is 0 Å². The van der Waals surface area contributed by atoms with E-state index in [1.54, 1.807) is 0 Å². The molecular formula is C11H22N2. The summed E-state index contributed by atoms with van der Waals surface area (Å²) in [6.45, 7) is 8.55. The second kappa shape index (κ2) is 3.58. The van der Waals surface area contributed by atoms with Gasteiger partial charge in [-0.3, -0.25) is 9.80 Å². The SMILES string of the molecule is CC(C)CN1CC2CCC(C1)N2C. The average Bonchev–Trinajstić information content (AvgIpc) is 2.33. The summed E-state index contributed by atoms with van der Waals surface area (Å²) >= 11 is 0. The minimum Gasteiger partial charge on any atom is -0.300 e. The lowest BCUT2D eigenvalue weighted by Gasteiger charge is -2.39. The molecule has 0 amide bonds. The Balaban J connectivity index is 1.91. The molecule has 2 aliphatic rings. The van der Waals surface area contributed by atoms with Gasteiger partial charge in [-0.1, -0.05) is 13.8 Å². The lowest BCUT2D eigenvalue weighted by atomic mass is 10.1. The number of rotatable bonds is 2. The highest BCUT2D eigenvalue weighted by molar-refractivity contribution is 4.94. The van der Waals surface area contributed by atoms with Crippen LogP contribution in [0, 0.1) is 5.92 Å². The topological polar surface area (TPSA) is 6.48 Å². The maximum absolute atomic E-state index is 2.66. The molecule has 76 valence electrons. The Labute approximate surface area is 81.9 Å². The quantitative estimate of drug-likeness (QED) is 0.637. The van der Waals surface area contributed by atoms with Crippen molar-refractivity contribution in [3.05, 3.63) is 0 Å². The van der Waals surface area contributed by atoms with Gasteiger partial charge in [0.15, 0.2) is 0 Å². The number of piperazine rings is 1. The molecule has 0 aromatic rings. The molecule has 0 aliphatic carbocycles. The first-order valence-electron chi connectivity index (χ1n) is 5.61. The van der Waals surface area contributed by atoms with Gasteiger partial charge < -0.3 is 0 Å².